The molecule has 130 valence electrons. The molecule has 0 radical (unpaired) electrons. The molecule has 0 bridgehead atoms. The molecule has 2 unspecified atom stereocenters. The van der Waals surface area contributed by atoms with E-state index in [1.165, 1.54) is 16.2 Å². The molecule has 1 spiro atoms. The number of amides is 4. The molecule has 4 amide bonds. The SMILES string of the molecule is CC1CC(C)CC2(C1)NC(=O)N(CC(=O)N(C)c1ccsc1)C2=O. The van der Waals surface area contributed by atoms with E-state index < -0.39 is 11.6 Å². The van der Waals surface area contributed by atoms with Crippen LogP contribution in [0.15, 0.2) is 16.8 Å². The van der Waals surface area contributed by atoms with Gasteiger partial charge in [-0.1, -0.05) is 13.8 Å². The first kappa shape index (κ1) is 17.0. The van der Waals surface area contributed by atoms with Gasteiger partial charge in [0.05, 0.1) is 5.69 Å². The predicted molar refractivity (Wildman–Crippen MR) is 92.9 cm³/mol. The maximum absolute atomic E-state index is 12.9. The van der Waals surface area contributed by atoms with Crippen LogP contribution in [-0.2, 0) is 9.59 Å². The molecule has 1 aliphatic carbocycles. The number of hydrogen-bond acceptors (Lipinski definition) is 4. The van der Waals surface area contributed by atoms with Crippen molar-refractivity contribution < 1.29 is 14.4 Å². The van der Waals surface area contributed by atoms with Crippen molar-refractivity contribution in [1.29, 1.82) is 0 Å². The Kier molecular flexibility index (Phi) is 4.38. The Morgan fingerprint density at radius 3 is 2.62 bits per heavy atom. The molecule has 2 aliphatic rings. The van der Waals surface area contributed by atoms with E-state index in [1.54, 1.807) is 7.05 Å². The lowest BCUT2D eigenvalue weighted by Crippen LogP contribution is -2.52. The molecule has 3 rings (SSSR count). The van der Waals surface area contributed by atoms with Crippen LogP contribution in [0.3, 0.4) is 0 Å². The third-order valence-electron chi connectivity index (χ3n) is 5.01. The number of carbonyl (C=O) groups excluding carboxylic acids is 3. The van der Waals surface area contributed by atoms with E-state index in [0.717, 1.165) is 17.0 Å². The highest BCUT2D eigenvalue weighted by atomic mass is 32.1. The summed E-state index contributed by atoms with van der Waals surface area (Å²) in [5.41, 5.74) is -0.0539. The van der Waals surface area contributed by atoms with Crippen molar-refractivity contribution in [3.63, 3.8) is 0 Å². The van der Waals surface area contributed by atoms with Crippen LogP contribution in [0.2, 0.25) is 0 Å². The van der Waals surface area contributed by atoms with Crippen molar-refractivity contribution in [1.82, 2.24) is 10.2 Å². The van der Waals surface area contributed by atoms with Gasteiger partial charge < -0.3 is 10.2 Å². The van der Waals surface area contributed by atoms with Crippen LogP contribution in [0.4, 0.5) is 10.5 Å². The first-order chi connectivity index (χ1) is 11.3. The molecule has 1 aromatic heterocycles. The Bertz CT molecular complexity index is 648. The monoisotopic (exact) mass is 349 g/mol. The van der Waals surface area contributed by atoms with E-state index in [1.807, 2.05) is 16.8 Å². The molecule has 1 saturated heterocycles. The van der Waals surface area contributed by atoms with Crippen LogP contribution in [0, 0.1) is 11.8 Å². The van der Waals surface area contributed by atoms with Gasteiger partial charge >= 0.3 is 6.03 Å². The summed E-state index contributed by atoms with van der Waals surface area (Å²) >= 11 is 1.49. The van der Waals surface area contributed by atoms with Crippen molar-refractivity contribution in [2.24, 2.45) is 11.8 Å². The minimum Gasteiger partial charge on any atom is -0.323 e. The van der Waals surface area contributed by atoms with Gasteiger partial charge in [0.25, 0.3) is 5.91 Å². The van der Waals surface area contributed by atoms with Crippen LogP contribution in [0.5, 0.6) is 0 Å². The second-order valence-corrected chi connectivity index (χ2v) is 7.97. The number of imide groups is 1. The topological polar surface area (TPSA) is 69.7 Å². The molecule has 7 heteroatoms. The summed E-state index contributed by atoms with van der Waals surface area (Å²) in [6.45, 7) is 3.99. The zero-order chi connectivity index (χ0) is 17.5. The van der Waals surface area contributed by atoms with E-state index in [4.69, 9.17) is 0 Å². The highest BCUT2D eigenvalue weighted by molar-refractivity contribution is 7.08. The third kappa shape index (κ3) is 2.92. The lowest BCUT2D eigenvalue weighted by molar-refractivity contribution is -0.136. The number of nitrogens with one attached hydrogen (secondary N) is 1. The Balaban J connectivity index is 1.74. The van der Waals surface area contributed by atoms with Gasteiger partial charge in [0, 0.05) is 12.4 Å². The molecule has 0 aromatic carbocycles. The van der Waals surface area contributed by atoms with Gasteiger partial charge in [0.15, 0.2) is 0 Å². The van der Waals surface area contributed by atoms with Crippen molar-refractivity contribution in [2.75, 3.05) is 18.5 Å². The summed E-state index contributed by atoms with van der Waals surface area (Å²) in [5.74, 6) is 0.230. The predicted octanol–water partition coefficient (Wildman–Crippen LogP) is 2.46. The first-order valence-corrected chi connectivity index (χ1v) is 9.19. The summed E-state index contributed by atoms with van der Waals surface area (Å²) in [6.07, 6.45) is 2.35. The fourth-order valence-corrected chi connectivity index (χ4v) is 4.73. The van der Waals surface area contributed by atoms with Crippen LogP contribution in [0.1, 0.15) is 33.1 Å². The molecule has 24 heavy (non-hydrogen) atoms. The standard InChI is InChI=1S/C17H23N3O3S/c1-11-6-12(2)8-17(7-11)15(22)20(16(23)18-17)9-14(21)19(3)13-4-5-24-10-13/h4-5,10-12H,6-9H2,1-3H3,(H,18,23). The number of carbonyl (C=O) groups is 3. The van der Waals surface area contributed by atoms with E-state index in [9.17, 15) is 14.4 Å². The number of thiophene rings is 1. The smallest absolute Gasteiger partial charge is 0.323 e. The van der Waals surface area contributed by atoms with Crippen molar-refractivity contribution in [2.45, 2.75) is 38.6 Å². The Morgan fingerprint density at radius 1 is 1.38 bits per heavy atom. The van der Waals surface area contributed by atoms with Crippen LogP contribution in [0.25, 0.3) is 0 Å². The largest absolute Gasteiger partial charge is 0.325 e. The molecule has 1 aliphatic heterocycles. The lowest BCUT2D eigenvalue weighted by atomic mass is 9.71. The summed E-state index contributed by atoms with van der Waals surface area (Å²) in [4.78, 5) is 40.2. The summed E-state index contributed by atoms with van der Waals surface area (Å²) in [7, 11) is 1.66. The van der Waals surface area contributed by atoms with Crippen molar-refractivity contribution >= 4 is 34.9 Å². The Labute approximate surface area is 145 Å². The van der Waals surface area contributed by atoms with Crippen LogP contribution < -0.4 is 10.2 Å². The molecule has 1 N–H and O–H groups in total. The number of nitrogens with zero attached hydrogens (tertiary/aromatic N) is 2. The first-order valence-electron chi connectivity index (χ1n) is 8.25. The van der Waals surface area contributed by atoms with Gasteiger partial charge in [-0.3, -0.25) is 14.5 Å². The van der Waals surface area contributed by atoms with Gasteiger partial charge in [0.2, 0.25) is 5.91 Å². The Morgan fingerprint density at radius 2 is 2.04 bits per heavy atom. The minimum absolute atomic E-state index is 0.221. The van der Waals surface area contributed by atoms with Crippen LogP contribution >= 0.6 is 11.3 Å². The van der Waals surface area contributed by atoms with E-state index >= 15 is 0 Å². The number of urea groups is 1. The van der Waals surface area contributed by atoms with E-state index in [2.05, 4.69) is 19.2 Å². The third-order valence-corrected chi connectivity index (χ3v) is 5.68. The molecule has 6 nitrogen and oxygen atoms in total. The van der Waals surface area contributed by atoms with Gasteiger partial charge in [-0.15, -0.1) is 0 Å². The maximum Gasteiger partial charge on any atom is 0.325 e. The molecule has 2 fully saturated rings. The normalized spacial score (nSPS) is 29.9. The molecule has 1 aromatic rings. The quantitative estimate of drug-likeness (QED) is 0.852. The molecular weight excluding hydrogens is 326 g/mol. The minimum atomic E-state index is -0.824. The highest BCUT2D eigenvalue weighted by Crippen LogP contribution is 2.39. The molecule has 2 heterocycles. The van der Waals surface area contributed by atoms with E-state index in [0.29, 0.717) is 24.7 Å². The molecule has 1 saturated carbocycles. The van der Waals surface area contributed by atoms with Crippen LogP contribution in [-0.4, -0.2) is 41.9 Å². The zero-order valence-electron chi connectivity index (χ0n) is 14.2. The van der Waals surface area contributed by atoms with E-state index in [-0.39, 0.29) is 18.4 Å². The summed E-state index contributed by atoms with van der Waals surface area (Å²) < 4.78 is 0. The fourth-order valence-electron chi connectivity index (χ4n) is 4.06. The van der Waals surface area contributed by atoms with Crippen molar-refractivity contribution in [3.05, 3.63) is 16.8 Å². The number of rotatable bonds is 3. The fraction of sp³-hybridized carbons (Fsp3) is 0.588. The summed E-state index contributed by atoms with van der Waals surface area (Å²) in [6, 6.07) is 1.38. The van der Waals surface area contributed by atoms with Gasteiger partial charge in [-0.2, -0.15) is 11.3 Å². The number of likely N-dealkylation sites (N-methyl/N-ethyl adjacent to an activating group) is 1. The summed E-state index contributed by atoms with van der Waals surface area (Å²) in [5, 5.41) is 6.62. The zero-order valence-corrected chi connectivity index (χ0v) is 15.1. The maximum atomic E-state index is 12.9. The average Bonchev–Trinajstić information content (AvgIpc) is 3.09. The Hall–Kier alpha value is -1.89. The number of hydrogen-bond donors (Lipinski definition) is 1. The van der Waals surface area contributed by atoms with Gasteiger partial charge in [-0.25, -0.2) is 4.79 Å². The molecular formula is C17H23N3O3S. The highest BCUT2D eigenvalue weighted by Gasteiger charge is 2.54. The second kappa shape index (κ2) is 6.20. The van der Waals surface area contributed by atoms with Gasteiger partial charge in [0.1, 0.15) is 12.1 Å². The average molecular weight is 349 g/mol. The molecule has 2 atom stereocenters. The lowest BCUT2D eigenvalue weighted by Gasteiger charge is -2.37. The second-order valence-electron chi connectivity index (χ2n) is 7.19. The number of anilines is 1. The van der Waals surface area contributed by atoms with Gasteiger partial charge in [-0.05, 0) is 42.5 Å². The van der Waals surface area contributed by atoms with Crippen molar-refractivity contribution in [3.8, 4) is 0 Å².